The lowest BCUT2D eigenvalue weighted by molar-refractivity contribution is 0.0949. The number of hydrogen-bond acceptors (Lipinski definition) is 10. The van der Waals surface area contributed by atoms with Crippen LogP contribution in [0.15, 0.2) is 63.2 Å². The van der Waals surface area contributed by atoms with Crippen LogP contribution < -0.4 is 15.9 Å². The third-order valence-electron chi connectivity index (χ3n) is 4.64. The Bertz CT molecular complexity index is 1280. The van der Waals surface area contributed by atoms with Gasteiger partial charge in [-0.2, -0.15) is 9.78 Å². The molecule has 4 aromatic rings. The van der Waals surface area contributed by atoms with Crippen LogP contribution in [-0.2, 0) is 5.75 Å². The van der Waals surface area contributed by atoms with E-state index in [0.29, 0.717) is 18.1 Å². The summed E-state index contributed by atoms with van der Waals surface area (Å²) in [7, 11) is 0. The number of hydrazone groups is 1. The summed E-state index contributed by atoms with van der Waals surface area (Å²) >= 11 is 1.51. The number of anilines is 1. The number of nitrogens with two attached hydrogens (primary N) is 1. The normalized spacial score (nSPS) is 11.1. The lowest BCUT2D eigenvalue weighted by Gasteiger charge is -2.06. The maximum atomic E-state index is 12.9. The van der Waals surface area contributed by atoms with Crippen molar-refractivity contribution < 1.29 is 14.2 Å². The number of nitrogens with one attached hydrogen (secondary N) is 1. The Morgan fingerprint density at radius 3 is 2.65 bits per heavy atom. The number of carbonyl (C=O) groups is 1. The minimum Gasteiger partial charge on any atom is -0.494 e. The fraction of sp³-hybridized carbons (Fsp3) is 0.182. The molecule has 0 bridgehead atoms. The van der Waals surface area contributed by atoms with E-state index in [1.54, 1.807) is 0 Å². The predicted molar refractivity (Wildman–Crippen MR) is 127 cm³/mol. The molecule has 0 aliphatic carbocycles. The van der Waals surface area contributed by atoms with Crippen LogP contribution >= 0.6 is 11.8 Å². The maximum absolute atomic E-state index is 12.9. The number of nitrogens with zero attached hydrogens (tertiary/aromatic N) is 6. The Morgan fingerprint density at radius 1 is 1.21 bits per heavy atom. The molecule has 2 aromatic carbocycles. The molecule has 0 atom stereocenters. The van der Waals surface area contributed by atoms with Gasteiger partial charge >= 0.3 is 0 Å². The number of aromatic nitrogens is 5. The summed E-state index contributed by atoms with van der Waals surface area (Å²) in [5, 5.41) is 19.5. The standard InChI is InChI=1S/C22H22N8O3S/c1-3-32-16-8-6-15(7-9-16)12-24-26-22(31)19-18(13-34-17-10-4-14(2)5-11-17)30(29-25-19)21-20(23)27-33-28-21/h4-12H,3,13H2,1-2H3,(H2,23,27)(H,26,31)/b24-12+. The van der Waals surface area contributed by atoms with Crippen molar-refractivity contribution in [2.24, 2.45) is 5.10 Å². The van der Waals surface area contributed by atoms with Gasteiger partial charge in [-0.05, 0) is 66.1 Å². The van der Waals surface area contributed by atoms with Gasteiger partial charge in [0.05, 0.1) is 18.5 Å². The minimum atomic E-state index is -0.525. The lowest BCUT2D eigenvalue weighted by atomic mass is 10.2. The minimum absolute atomic E-state index is 0.0342. The van der Waals surface area contributed by atoms with Gasteiger partial charge in [0.1, 0.15) is 5.75 Å². The molecule has 0 fully saturated rings. The Kier molecular flexibility index (Phi) is 7.18. The Labute approximate surface area is 199 Å². The van der Waals surface area contributed by atoms with Crippen molar-refractivity contribution in [2.45, 2.75) is 24.5 Å². The zero-order valence-electron chi connectivity index (χ0n) is 18.5. The number of aryl methyl sites for hydroxylation is 1. The molecule has 11 nitrogen and oxygen atoms in total. The van der Waals surface area contributed by atoms with Gasteiger partial charge in [0.2, 0.25) is 11.6 Å². The third kappa shape index (κ3) is 5.41. The largest absolute Gasteiger partial charge is 0.494 e. The SMILES string of the molecule is CCOc1ccc(/C=N/NC(=O)c2nnn(-c3nonc3N)c2CSc2ccc(C)cc2)cc1. The van der Waals surface area contributed by atoms with E-state index in [2.05, 4.69) is 35.8 Å². The highest BCUT2D eigenvalue weighted by molar-refractivity contribution is 7.98. The molecule has 2 aromatic heterocycles. The molecule has 0 saturated carbocycles. The van der Waals surface area contributed by atoms with Crippen LogP contribution in [0.4, 0.5) is 5.82 Å². The molecule has 0 unspecified atom stereocenters. The quantitative estimate of drug-likeness (QED) is 0.210. The predicted octanol–water partition coefficient (Wildman–Crippen LogP) is 3.00. The molecule has 0 saturated heterocycles. The highest BCUT2D eigenvalue weighted by Gasteiger charge is 2.24. The summed E-state index contributed by atoms with van der Waals surface area (Å²) in [6.07, 6.45) is 1.53. The molecule has 0 aliphatic rings. The molecule has 4 rings (SSSR count). The Morgan fingerprint density at radius 2 is 1.97 bits per heavy atom. The maximum Gasteiger partial charge on any atom is 0.293 e. The van der Waals surface area contributed by atoms with E-state index < -0.39 is 5.91 Å². The molecule has 2 heterocycles. The molecule has 34 heavy (non-hydrogen) atoms. The number of rotatable bonds is 9. The van der Waals surface area contributed by atoms with Gasteiger partial charge < -0.3 is 10.5 Å². The smallest absolute Gasteiger partial charge is 0.293 e. The second-order valence-electron chi connectivity index (χ2n) is 7.07. The van der Waals surface area contributed by atoms with E-state index in [9.17, 15) is 4.79 Å². The van der Waals surface area contributed by atoms with Crippen LogP contribution in [0.2, 0.25) is 0 Å². The van der Waals surface area contributed by atoms with Crippen LogP contribution in [0.3, 0.4) is 0 Å². The van der Waals surface area contributed by atoms with Crippen molar-refractivity contribution in [2.75, 3.05) is 12.3 Å². The van der Waals surface area contributed by atoms with Crippen LogP contribution in [0.25, 0.3) is 5.82 Å². The topological polar surface area (TPSA) is 146 Å². The number of ether oxygens (including phenoxy) is 1. The number of amides is 1. The van der Waals surface area contributed by atoms with Crippen LogP contribution in [0, 0.1) is 6.92 Å². The zero-order chi connectivity index (χ0) is 23.9. The van der Waals surface area contributed by atoms with E-state index in [1.165, 1.54) is 22.7 Å². The Hall–Kier alpha value is -4.19. The van der Waals surface area contributed by atoms with Gasteiger partial charge in [-0.3, -0.25) is 4.79 Å². The average Bonchev–Trinajstić information content (AvgIpc) is 3.45. The fourth-order valence-corrected chi connectivity index (χ4v) is 3.83. The average molecular weight is 479 g/mol. The second-order valence-corrected chi connectivity index (χ2v) is 8.12. The molecular formula is C22H22N8O3S. The first-order chi connectivity index (χ1) is 16.5. The molecule has 3 N–H and O–H groups in total. The summed E-state index contributed by atoms with van der Waals surface area (Å²) in [5.41, 5.74) is 10.8. The van der Waals surface area contributed by atoms with E-state index in [1.807, 2.05) is 62.4 Å². The fourth-order valence-electron chi connectivity index (χ4n) is 2.94. The van der Waals surface area contributed by atoms with Crippen LogP contribution in [0.5, 0.6) is 5.75 Å². The summed E-state index contributed by atoms with van der Waals surface area (Å²) in [4.78, 5) is 13.9. The van der Waals surface area contributed by atoms with Gasteiger partial charge in [-0.25, -0.2) is 10.1 Å². The van der Waals surface area contributed by atoms with Crippen molar-refractivity contribution in [1.29, 1.82) is 0 Å². The number of hydrogen-bond donors (Lipinski definition) is 2. The Balaban J connectivity index is 1.52. The number of nitrogen functional groups attached to an aromatic ring is 1. The highest BCUT2D eigenvalue weighted by atomic mass is 32.2. The van der Waals surface area contributed by atoms with E-state index in [0.717, 1.165) is 21.8 Å². The van der Waals surface area contributed by atoms with Gasteiger partial charge in [-0.1, -0.05) is 22.9 Å². The molecule has 174 valence electrons. The first-order valence-corrected chi connectivity index (χ1v) is 11.3. The van der Waals surface area contributed by atoms with Gasteiger partial charge in [0.25, 0.3) is 5.91 Å². The number of benzene rings is 2. The van der Waals surface area contributed by atoms with Crippen molar-refractivity contribution in [3.63, 3.8) is 0 Å². The molecule has 0 spiro atoms. The second kappa shape index (κ2) is 10.6. The first-order valence-electron chi connectivity index (χ1n) is 10.3. The van der Waals surface area contributed by atoms with Crippen molar-refractivity contribution >= 4 is 29.7 Å². The van der Waals surface area contributed by atoms with E-state index >= 15 is 0 Å². The molecule has 1 amide bonds. The molecule has 0 radical (unpaired) electrons. The number of carbonyl (C=O) groups excluding carboxylic acids is 1. The lowest BCUT2D eigenvalue weighted by Crippen LogP contribution is -2.20. The van der Waals surface area contributed by atoms with Crippen molar-refractivity contribution in [1.82, 2.24) is 30.7 Å². The number of thioether (sulfide) groups is 1. The first kappa shape index (κ1) is 23.0. The molecule has 12 heteroatoms. The highest BCUT2D eigenvalue weighted by Crippen LogP contribution is 2.26. The molecule has 0 aliphatic heterocycles. The van der Waals surface area contributed by atoms with Gasteiger partial charge in [0, 0.05) is 10.6 Å². The summed E-state index contributed by atoms with van der Waals surface area (Å²) in [6.45, 7) is 4.52. The summed E-state index contributed by atoms with van der Waals surface area (Å²) in [6, 6.07) is 15.4. The van der Waals surface area contributed by atoms with Gasteiger partial charge in [-0.15, -0.1) is 16.9 Å². The van der Waals surface area contributed by atoms with Crippen LogP contribution in [-0.4, -0.2) is 44.0 Å². The summed E-state index contributed by atoms with van der Waals surface area (Å²) < 4.78 is 11.4. The zero-order valence-corrected chi connectivity index (χ0v) is 19.3. The third-order valence-corrected chi connectivity index (χ3v) is 5.67. The summed E-state index contributed by atoms with van der Waals surface area (Å²) in [5.74, 6) is 0.796. The van der Waals surface area contributed by atoms with Gasteiger partial charge in [0.15, 0.2) is 5.69 Å². The van der Waals surface area contributed by atoms with E-state index in [4.69, 9.17) is 10.5 Å². The van der Waals surface area contributed by atoms with Crippen molar-refractivity contribution in [3.8, 4) is 11.6 Å². The monoisotopic (exact) mass is 478 g/mol. The van der Waals surface area contributed by atoms with Crippen LogP contribution in [0.1, 0.15) is 34.2 Å². The molecular weight excluding hydrogens is 456 g/mol. The van der Waals surface area contributed by atoms with E-state index in [-0.39, 0.29) is 17.3 Å². The van der Waals surface area contributed by atoms with Crippen molar-refractivity contribution in [3.05, 3.63) is 71.0 Å².